The van der Waals surface area contributed by atoms with E-state index in [9.17, 15) is 4.79 Å². The van der Waals surface area contributed by atoms with Crippen molar-refractivity contribution in [2.45, 2.75) is 59.0 Å². The third kappa shape index (κ3) is 4.31. The van der Waals surface area contributed by atoms with Gasteiger partial charge in [0.05, 0.1) is 6.04 Å². The molecule has 3 heteroatoms. The van der Waals surface area contributed by atoms with Crippen molar-refractivity contribution in [1.82, 2.24) is 0 Å². The van der Waals surface area contributed by atoms with Crippen molar-refractivity contribution in [2.75, 3.05) is 5.32 Å². The molecular weight excluding hydrogens is 260 g/mol. The summed E-state index contributed by atoms with van der Waals surface area (Å²) < 4.78 is 0. The van der Waals surface area contributed by atoms with Crippen molar-refractivity contribution in [2.24, 2.45) is 11.8 Å². The first-order valence-corrected chi connectivity index (χ1v) is 8.20. The maximum absolute atomic E-state index is 12.3. The number of anilines is 1. The van der Waals surface area contributed by atoms with Crippen LogP contribution in [-0.4, -0.2) is 18.0 Å². The second-order valence-electron chi connectivity index (χ2n) is 6.77. The molecule has 1 aliphatic carbocycles. The summed E-state index contributed by atoms with van der Waals surface area (Å²) in [4.78, 5) is 12.3. The SMILES string of the molecule is Cc1ccc(NC(=O)[C@@H](C)[NH2+][C@H]2CCC[C@H](C)[C@@H]2C)cc1. The van der Waals surface area contributed by atoms with E-state index in [2.05, 4.69) is 24.5 Å². The molecule has 0 radical (unpaired) electrons. The van der Waals surface area contributed by atoms with Gasteiger partial charge in [-0.1, -0.05) is 31.5 Å². The molecule has 1 aromatic rings. The molecule has 21 heavy (non-hydrogen) atoms. The lowest BCUT2D eigenvalue weighted by Gasteiger charge is -2.33. The molecule has 0 bridgehead atoms. The maximum Gasteiger partial charge on any atom is 0.282 e. The molecule has 0 unspecified atom stereocenters. The Morgan fingerprint density at radius 1 is 1.24 bits per heavy atom. The van der Waals surface area contributed by atoms with E-state index in [1.54, 1.807) is 0 Å². The molecule has 3 nitrogen and oxygen atoms in total. The summed E-state index contributed by atoms with van der Waals surface area (Å²) in [6.07, 6.45) is 3.85. The van der Waals surface area contributed by atoms with Crippen LogP contribution in [-0.2, 0) is 4.79 Å². The maximum atomic E-state index is 12.3. The molecule has 3 N–H and O–H groups in total. The van der Waals surface area contributed by atoms with Crippen molar-refractivity contribution in [3.05, 3.63) is 29.8 Å². The fourth-order valence-electron chi connectivity index (χ4n) is 3.25. The molecule has 1 amide bonds. The Morgan fingerprint density at radius 3 is 2.57 bits per heavy atom. The first-order chi connectivity index (χ1) is 9.97. The summed E-state index contributed by atoms with van der Waals surface area (Å²) >= 11 is 0. The molecule has 1 saturated carbocycles. The minimum absolute atomic E-state index is 0.0379. The van der Waals surface area contributed by atoms with E-state index in [0.717, 1.165) is 11.6 Å². The summed E-state index contributed by atoms with van der Waals surface area (Å²) in [7, 11) is 0. The molecule has 0 spiro atoms. The molecule has 116 valence electrons. The third-order valence-corrected chi connectivity index (χ3v) is 5.04. The zero-order chi connectivity index (χ0) is 15.4. The molecule has 1 aromatic carbocycles. The zero-order valence-electron chi connectivity index (χ0n) is 13.7. The number of nitrogens with one attached hydrogen (secondary N) is 1. The van der Waals surface area contributed by atoms with Crippen LogP contribution in [0.2, 0.25) is 0 Å². The standard InChI is InChI=1S/C18H28N2O/c1-12-8-10-16(11-9-12)20-18(21)15(4)19-17-7-5-6-13(2)14(17)3/h8-11,13-15,17,19H,5-7H2,1-4H3,(H,20,21)/p+1/t13-,14-,15+,17-/m0/s1. The predicted molar refractivity (Wildman–Crippen MR) is 87.2 cm³/mol. The molecule has 0 aliphatic heterocycles. The smallest absolute Gasteiger partial charge is 0.282 e. The van der Waals surface area contributed by atoms with Crippen LogP contribution in [0.1, 0.15) is 45.6 Å². The van der Waals surface area contributed by atoms with Crippen molar-refractivity contribution < 1.29 is 10.1 Å². The van der Waals surface area contributed by atoms with Crippen molar-refractivity contribution in [3.8, 4) is 0 Å². The van der Waals surface area contributed by atoms with Crippen LogP contribution in [0, 0.1) is 18.8 Å². The van der Waals surface area contributed by atoms with Gasteiger partial charge in [0.1, 0.15) is 0 Å². The average Bonchev–Trinajstić information content (AvgIpc) is 2.46. The quantitative estimate of drug-likeness (QED) is 0.879. The number of carbonyl (C=O) groups excluding carboxylic acids is 1. The van der Waals surface area contributed by atoms with E-state index < -0.39 is 0 Å². The number of nitrogens with two attached hydrogens (primary N) is 1. The first kappa shape index (κ1) is 16.0. The Kier molecular flexibility index (Phi) is 5.40. The highest BCUT2D eigenvalue weighted by Gasteiger charge is 2.32. The van der Waals surface area contributed by atoms with Gasteiger partial charge in [0.25, 0.3) is 5.91 Å². The Hall–Kier alpha value is -1.35. The van der Waals surface area contributed by atoms with Crippen LogP contribution < -0.4 is 10.6 Å². The summed E-state index contributed by atoms with van der Waals surface area (Å²) in [5.74, 6) is 1.56. The van der Waals surface area contributed by atoms with Crippen molar-refractivity contribution in [1.29, 1.82) is 0 Å². The van der Waals surface area contributed by atoms with Gasteiger partial charge in [0.2, 0.25) is 0 Å². The summed E-state index contributed by atoms with van der Waals surface area (Å²) in [5, 5.41) is 5.28. The van der Waals surface area contributed by atoms with Gasteiger partial charge in [-0.25, -0.2) is 0 Å². The van der Waals surface area contributed by atoms with Crippen molar-refractivity contribution >= 4 is 11.6 Å². The van der Waals surface area contributed by atoms with Crippen molar-refractivity contribution in [3.63, 3.8) is 0 Å². The zero-order valence-corrected chi connectivity index (χ0v) is 13.7. The molecule has 1 fully saturated rings. The molecule has 0 saturated heterocycles. The van der Waals surface area contributed by atoms with Gasteiger partial charge in [-0.05, 0) is 51.2 Å². The number of quaternary nitrogens is 1. The summed E-state index contributed by atoms with van der Waals surface area (Å²) in [6, 6.07) is 8.51. The predicted octanol–water partition coefficient (Wildman–Crippen LogP) is 2.71. The van der Waals surface area contributed by atoms with E-state index in [0.29, 0.717) is 12.0 Å². The van der Waals surface area contributed by atoms with Gasteiger partial charge in [-0.15, -0.1) is 0 Å². The lowest BCUT2D eigenvalue weighted by Crippen LogP contribution is -2.97. The van der Waals surface area contributed by atoms with Crippen LogP contribution >= 0.6 is 0 Å². The minimum atomic E-state index is -0.0379. The van der Waals surface area contributed by atoms with Gasteiger partial charge in [-0.3, -0.25) is 4.79 Å². The highest BCUT2D eigenvalue weighted by atomic mass is 16.2. The monoisotopic (exact) mass is 289 g/mol. The highest BCUT2D eigenvalue weighted by molar-refractivity contribution is 5.93. The number of rotatable bonds is 4. The van der Waals surface area contributed by atoms with E-state index in [4.69, 9.17) is 0 Å². The summed E-state index contributed by atoms with van der Waals surface area (Å²) in [5.41, 5.74) is 2.09. The Morgan fingerprint density at radius 2 is 1.90 bits per heavy atom. The second kappa shape index (κ2) is 7.08. The highest BCUT2D eigenvalue weighted by Crippen LogP contribution is 2.27. The average molecular weight is 289 g/mol. The Bertz CT molecular complexity index is 469. The van der Waals surface area contributed by atoms with Crippen LogP contribution in [0.15, 0.2) is 24.3 Å². The van der Waals surface area contributed by atoms with Gasteiger partial charge in [0.15, 0.2) is 6.04 Å². The third-order valence-electron chi connectivity index (χ3n) is 5.04. The Balaban J connectivity index is 1.88. The topological polar surface area (TPSA) is 45.7 Å². The summed E-state index contributed by atoms with van der Waals surface area (Å²) in [6.45, 7) is 8.72. The van der Waals surface area contributed by atoms with E-state index in [1.165, 1.54) is 24.8 Å². The number of aryl methyl sites for hydroxylation is 1. The Labute approximate surface area is 128 Å². The minimum Gasteiger partial charge on any atom is -0.334 e. The number of benzene rings is 1. The fraction of sp³-hybridized carbons (Fsp3) is 0.611. The molecule has 0 heterocycles. The van der Waals surface area contributed by atoms with Gasteiger partial charge in [-0.2, -0.15) is 0 Å². The van der Waals surface area contributed by atoms with E-state index in [-0.39, 0.29) is 11.9 Å². The van der Waals surface area contributed by atoms with Crippen LogP contribution in [0.3, 0.4) is 0 Å². The number of hydrogen-bond donors (Lipinski definition) is 2. The second-order valence-corrected chi connectivity index (χ2v) is 6.77. The fourth-order valence-corrected chi connectivity index (χ4v) is 3.25. The number of carbonyl (C=O) groups is 1. The van der Waals surface area contributed by atoms with Crippen LogP contribution in [0.25, 0.3) is 0 Å². The lowest BCUT2D eigenvalue weighted by atomic mass is 9.78. The molecule has 1 aliphatic rings. The van der Waals surface area contributed by atoms with Crippen LogP contribution in [0.4, 0.5) is 5.69 Å². The van der Waals surface area contributed by atoms with Gasteiger partial charge >= 0.3 is 0 Å². The van der Waals surface area contributed by atoms with Gasteiger partial charge < -0.3 is 10.6 Å². The molecule has 4 atom stereocenters. The largest absolute Gasteiger partial charge is 0.334 e. The number of hydrogen-bond acceptors (Lipinski definition) is 1. The molecule has 0 aromatic heterocycles. The first-order valence-electron chi connectivity index (χ1n) is 8.20. The van der Waals surface area contributed by atoms with E-state index >= 15 is 0 Å². The van der Waals surface area contributed by atoms with E-state index in [1.807, 2.05) is 38.1 Å². The van der Waals surface area contributed by atoms with Gasteiger partial charge in [0, 0.05) is 11.6 Å². The molecule has 2 rings (SSSR count). The normalized spacial score (nSPS) is 27.1. The van der Waals surface area contributed by atoms with Crippen LogP contribution in [0.5, 0.6) is 0 Å². The number of amides is 1. The molecular formula is C18H29N2O+. The lowest BCUT2D eigenvalue weighted by molar-refractivity contribution is -0.715.